The Morgan fingerprint density at radius 3 is 2.58 bits per heavy atom. The van der Waals surface area contributed by atoms with Crippen LogP contribution in [0.2, 0.25) is 0 Å². The smallest absolute Gasteiger partial charge is 0.266 e. The Morgan fingerprint density at radius 2 is 1.84 bits per heavy atom. The predicted octanol–water partition coefficient (Wildman–Crippen LogP) is 2.11. The van der Waals surface area contributed by atoms with Gasteiger partial charge in [0.2, 0.25) is 5.89 Å². The van der Waals surface area contributed by atoms with Crippen LogP contribution in [-0.2, 0) is 0 Å². The van der Waals surface area contributed by atoms with Crippen molar-refractivity contribution in [1.29, 1.82) is 0 Å². The monoisotopic (exact) mass is 258 g/mol. The molecule has 5 nitrogen and oxygen atoms in total. The van der Waals surface area contributed by atoms with Crippen LogP contribution in [0.4, 0.5) is 5.95 Å². The molecule has 100 valence electrons. The molecule has 0 amide bonds. The Kier molecular flexibility index (Phi) is 3.46. The van der Waals surface area contributed by atoms with Crippen molar-refractivity contribution in [3.05, 3.63) is 41.8 Å². The number of anilines is 1. The molecule has 1 aliphatic heterocycles. The molecule has 1 aromatic heterocycles. The summed E-state index contributed by atoms with van der Waals surface area (Å²) < 4.78 is 5.31. The second-order valence-corrected chi connectivity index (χ2v) is 4.87. The minimum atomic E-state index is -0.354. The average Bonchev–Trinajstić information content (AvgIpc) is 2.98. The van der Waals surface area contributed by atoms with Crippen molar-refractivity contribution in [3.63, 3.8) is 0 Å². The number of benzene rings is 1. The van der Waals surface area contributed by atoms with E-state index in [0.717, 1.165) is 18.7 Å². The molecule has 1 fully saturated rings. The third kappa shape index (κ3) is 2.61. The lowest BCUT2D eigenvalue weighted by molar-refractivity contribution is 0.365. The van der Waals surface area contributed by atoms with Crippen LogP contribution in [0.3, 0.4) is 0 Å². The first kappa shape index (κ1) is 12.2. The highest BCUT2D eigenvalue weighted by Crippen LogP contribution is 2.21. The summed E-state index contributed by atoms with van der Waals surface area (Å²) in [6.45, 7) is 2.00. The Balaban J connectivity index is 1.77. The topological polar surface area (TPSA) is 68.2 Å². The van der Waals surface area contributed by atoms with Gasteiger partial charge < -0.3 is 15.2 Å². The molecule has 0 unspecified atom stereocenters. The Bertz CT molecular complexity index is 519. The molecule has 5 heteroatoms. The van der Waals surface area contributed by atoms with E-state index in [0.29, 0.717) is 11.8 Å². The lowest BCUT2D eigenvalue weighted by Crippen LogP contribution is -2.30. The first-order chi connectivity index (χ1) is 9.34. The van der Waals surface area contributed by atoms with Crippen LogP contribution in [0.1, 0.15) is 36.8 Å². The molecule has 2 aromatic rings. The highest BCUT2D eigenvalue weighted by molar-refractivity contribution is 5.30. The zero-order valence-corrected chi connectivity index (χ0v) is 10.8. The number of hydrogen-bond acceptors (Lipinski definition) is 5. The summed E-state index contributed by atoms with van der Waals surface area (Å²) in [5.74, 6) is 1.15. The molecule has 3 rings (SSSR count). The average molecular weight is 258 g/mol. The fraction of sp³-hybridized carbons (Fsp3) is 0.429. The van der Waals surface area contributed by atoms with Gasteiger partial charge in [0.15, 0.2) is 0 Å². The van der Waals surface area contributed by atoms with E-state index < -0.39 is 0 Å². The van der Waals surface area contributed by atoms with E-state index in [-0.39, 0.29) is 6.04 Å². The maximum Gasteiger partial charge on any atom is 0.266 e. The molecule has 1 saturated heterocycles. The van der Waals surface area contributed by atoms with E-state index in [2.05, 4.69) is 15.0 Å². The van der Waals surface area contributed by atoms with Crippen LogP contribution in [0.5, 0.6) is 0 Å². The quantitative estimate of drug-likeness (QED) is 0.913. The van der Waals surface area contributed by atoms with Crippen LogP contribution in [0, 0.1) is 0 Å². The third-order valence-corrected chi connectivity index (χ3v) is 3.49. The van der Waals surface area contributed by atoms with Gasteiger partial charge in [0.1, 0.15) is 6.04 Å². The second kappa shape index (κ2) is 5.40. The summed E-state index contributed by atoms with van der Waals surface area (Å²) >= 11 is 0. The molecular formula is C14H18N4O. The number of nitrogens with two attached hydrogens (primary N) is 1. The summed E-state index contributed by atoms with van der Waals surface area (Å²) in [5.41, 5.74) is 7.13. The molecule has 0 bridgehead atoms. The summed E-state index contributed by atoms with van der Waals surface area (Å²) in [6, 6.07) is 9.45. The molecule has 0 aliphatic carbocycles. The van der Waals surface area contributed by atoms with Crippen molar-refractivity contribution < 1.29 is 4.52 Å². The first-order valence-electron chi connectivity index (χ1n) is 6.73. The van der Waals surface area contributed by atoms with Crippen LogP contribution in [0.25, 0.3) is 0 Å². The van der Waals surface area contributed by atoms with Gasteiger partial charge in [-0.1, -0.05) is 30.3 Å². The van der Waals surface area contributed by atoms with E-state index in [9.17, 15) is 0 Å². The molecular weight excluding hydrogens is 240 g/mol. The van der Waals surface area contributed by atoms with Crippen molar-refractivity contribution in [3.8, 4) is 0 Å². The summed E-state index contributed by atoms with van der Waals surface area (Å²) in [5, 5.41) is 4.05. The maximum absolute atomic E-state index is 6.14. The van der Waals surface area contributed by atoms with Crippen LogP contribution in [-0.4, -0.2) is 23.2 Å². The van der Waals surface area contributed by atoms with E-state index in [1.54, 1.807) is 0 Å². The lowest BCUT2D eigenvalue weighted by atomic mass is 10.1. The Morgan fingerprint density at radius 1 is 1.11 bits per heavy atom. The van der Waals surface area contributed by atoms with Crippen LogP contribution < -0.4 is 10.6 Å². The number of piperidine rings is 1. The van der Waals surface area contributed by atoms with Crippen molar-refractivity contribution in [1.82, 2.24) is 10.1 Å². The Labute approximate surface area is 112 Å². The number of aromatic nitrogens is 2. The van der Waals surface area contributed by atoms with Gasteiger partial charge in [0, 0.05) is 13.1 Å². The minimum absolute atomic E-state index is 0.354. The predicted molar refractivity (Wildman–Crippen MR) is 72.8 cm³/mol. The summed E-state index contributed by atoms with van der Waals surface area (Å²) in [6.07, 6.45) is 3.66. The molecule has 2 heterocycles. The molecule has 0 spiro atoms. The number of rotatable bonds is 3. The molecule has 0 saturated carbocycles. The van der Waals surface area contributed by atoms with Crippen LogP contribution >= 0.6 is 0 Å². The van der Waals surface area contributed by atoms with Crippen LogP contribution in [0.15, 0.2) is 34.9 Å². The zero-order chi connectivity index (χ0) is 13.1. The largest absolute Gasteiger partial charge is 0.338 e. The molecule has 1 aromatic carbocycles. The maximum atomic E-state index is 6.14. The fourth-order valence-electron chi connectivity index (χ4n) is 2.38. The highest BCUT2D eigenvalue weighted by atomic mass is 16.5. The summed E-state index contributed by atoms with van der Waals surface area (Å²) in [4.78, 5) is 6.59. The normalized spacial score (nSPS) is 17.4. The van der Waals surface area contributed by atoms with E-state index >= 15 is 0 Å². The fourth-order valence-corrected chi connectivity index (χ4v) is 2.38. The van der Waals surface area contributed by atoms with Crippen molar-refractivity contribution in [2.75, 3.05) is 18.0 Å². The third-order valence-electron chi connectivity index (χ3n) is 3.49. The second-order valence-electron chi connectivity index (χ2n) is 4.87. The minimum Gasteiger partial charge on any atom is -0.338 e. The number of nitrogens with zero attached hydrogens (tertiary/aromatic N) is 3. The van der Waals surface area contributed by atoms with Gasteiger partial charge in [-0.25, -0.2) is 0 Å². The van der Waals surface area contributed by atoms with Gasteiger partial charge in [-0.3, -0.25) is 0 Å². The first-order valence-corrected chi connectivity index (χ1v) is 6.73. The van der Waals surface area contributed by atoms with E-state index in [4.69, 9.17) is 10.3 Å². The van der Waals surface area contributed by atoms with Gasteiger partial charge in [-0.15, -0.1) is 0 Å². The zero-order valence-electron chi connectivity index (χ0n) is 10.8. The molecule has 1 atom stereocenters. The Hall–Kier alpha value is -1.88. The molecule has 1 aliphatic rings. The van der Waals surface area contributed by atoms with Crippen molar-refractivity contribution >= 4 is 5.95 Å². The molecule has 2 N–H and O–H groups in total. The molecule has 19 heavy (non-hydrogen) atoms. The standard InChI is InChI=1S/C14H18N4O/c15-12(11-7-3-1-4-8-11)13-16-14(17-19-13)18-9-5-2-6-10-18/h1,3-4,7-8,12H,2,5-6,9-10,15H2/t12-/m1/s1. The van der Waals surface area contributed by atoms with Gasteiger partial charge in [0.05, 0.1) is 0 Å². The SMILES string of the molecule is N[C@H](c1ccccc1)c1nc(N2CCCCC2)no1. The van der Waals surface area contributed by atoms with E-state index in [1.807, 2.05) is 30.3 Å². The van der Waals surface area contributed by atoms with Crippen molar-refractivity contribution in [2.24, 2.45) is 5.73 Å². The van der Waals surface area contributed by atoms with Gasteiger partial charge in [-0.05, 0) is 30.0 Å². The number of hydrogen-bond donors (Lipinski definition) is 1. The van der Waals surface area contributed by atoms with Gasteiger partial charge in [-0.2, -0.15) is 4.98 Å². The molecule has 0 radical (unpaired) electrons. The van der Waals surface area contributed by atoms with Gasteiger partial charge >= 0.3 is 0 Å². The van der Waals surface area contributed by atoms with E-state index in [1.165, 1.54) is 19.3 Å². The highest BCUT2D eigenvalue weighted by Gasteiger charge is 2.20. The lowest BCUT2D eigenvalue weighted by Gasteiger charge is -2.24. The van der Waals surface area contributed by atoms with Crippen molar-refractivity contribution in [2.45, 2.75) is 25.3 Å². The summed E-state index contributed by atoms with van der Waals surface area (Å²) in [7, 11) is 0. The van der Waals surface area contributed by atoms with Gasteiger partial charge in [0.25, 0.3) is 5.95 Å².